The van der Waals surface area contributed by atoms with Crippen LogP contribution in [0.3, 0.4) is 0 Å². The molecule has 2 unspecified atom stereocenters. The molecule has 60 valence electrons. The first-order valence-electron chi connectivity index (χ1n) is 4.07. The van der Waals surface area contributed by atoms with Crippen molar-refractivity contribution in [1.82, 2.24) is 0 Å². The zero-order valence-electron chi connectivity index (χ0n) is 6.76. The Morgan fingerprint density at radius 1 is 1.60 bits per heavy atom. The first-order chi connectivity index (χ1) is 4.75. The van der Waals surface area contributed by atoms with Crippen LogP contribution in [0, 0.1) is 0 Å². The molecule has 1 fully saturated rings. The lowest BCUT2D eigenvalue weighted by molar-refractivity contribution is -0.206. The van der Waals surface area contributed by atoms with Crippen molar-refractivity contribution in [3.8, 4) is 0 Å². The van der Waals surface area contributed by atoms with E-state index in [0.717, 1.165) is 25.9 Å². The van der Waals surface area contributed by atoms with Gasteiger partial charge in [-0.05, 0) is 12.8 Å². The number of rotatable bonds is 3. The molecule has 0 radical (unpaired) electrons. The summed E-state index contributed by atoms with van der Waals surface area (Å²) in [5.74, 6) is 0. The van der Waals surface area contributed by atoms with E-state index >= 15 is 0 Å². The molecular weight excluding hydrogens is 128 g/mol. The maximum atomic E-state index is 9.50. The second-order valence-corrected chi connectivity index (χ2v) is 2.94. The number of ether oxygens (including phenoxy) is 1. The van der Waals surface area contributed by atoms with E-state index in [1.165, 1.54) is 0 Å². The number of aliphatic hydroxyl groups excluding tert-OH is 1. The molecule has 2 heteroatoms. The van der Waals surface area contributed by atoms with E-state index in [4.69, 9.17) is 4.74 Å². The topological polar surface area (TPSA) is 29.5 Å². The van der Waals surface area contributed by atoms with Crippen molar-refractivity contribution in [1.29, 1.82) is 0 Å². The molecule has 0 saturated carbocycles. The summed E-state index contributed by atoms with van der Waals surface area (Å²) < 4.78 is 5.37. The molecule has 1 rings (SSSR count). The molecule has 0 bridgehead atoms. The van der Waals surface area contributed by atoms with E-state index in [0.29, 0.717) is 0 Å². The SMILES string of the molecule is CCC(O)C1(CC)CCO1. The molecular formula is C8H16O2. The van der Waals surface area contributed by atoms with E-state index in [-0.39, 0.29) is 11.7 Å². The van der Waals surface area contributed by atoms with Crippen LogP contribution < -0.4 is 0 Å². The Morgan fingerprint density at radius 2 is 2.20 bits per heavy atom. The minimum atomic E-state index is -0.258. The van der Waals surface area contributed by atoms with Gasteiger partial charge in [-0.15, -0.1) is 0 Å². The highest BCUT2D eigenvalue weighted by Crippen LogP contribution is 2.34. The number of hydrogen-bond donors (Lipinski definition) is 1. The monoisotopic (exact) mass is 144 g/mol. The van der Waals surface area contributed by atoms with Crippen LogP contribution in [0.4, 0.5) is 0 Å². The lowest BCUT2D eigenvalue weighted by Gasteiger charge is -2.44. The first kappa shape index (κ1) is 8.02. The first-order valence-corrected chi connectivity index (χ1v) is 4.07. The molecule has 2 nitrogen and oxygen atoms in total. The molecule has 0 amide bonds. The Bertz CT molecular complexity index is 102. The molecule has 1 N–H and O–H groups in total. The lowest BCUT2D eigenvalue weighted by Crippen LogP contribution is -2.52. The van der Waals surface area contributed by atoms with Crippen LogP contribution in [-0.2, 0) is 4.74 Å². The van der Waals surface area contributed by atoms with Crippen molar-refractivity contribution in [2.75, 3.05) is 6.61 Å². The van der Waals surface area contributed by atoms with Crippen molar-refractivity contribution in [2.45, 2.75) is 44.8 Å². The third-order valence-electron chi connectivity index (χ3n) is 2.51. The summed E-state index contributed by atoms with van der Waals surface area (Å²) in [7, 11) is 0. The quantitative estimate of drug-likeness (QED) is 0.647. The van der Waals surface area contributed by atoms with Gasteiger partial charge in [0.1, 0.15) is 0 Å². The fraction of sp³-hybridized carbons (Fsp3) is 1.00. The van der Waals surface area contributed by atoms with Crippen molar-refractivity contribution >= 4 is 0 Å². The predicted molar refractivity (Wildman–Crippen MR) is 39.9 cm³/mol. The Morgan fingerprint density at radius 3 is 2.30 bits per heavy atom. The molecule has 1 aliphatic heterocycles. The van der Waals surface area contributed by atoms with Crippen molar-refractivity contribution in [2.24, 2.45) is 0 Å². The normalized spacial score (nSPS) is 35.1. The lowest BCUT2D eigenvalue weighted by atomic mass is 9.85. The van der Waals surface area contributed by atoms with Crippen molar-refractivity contribution in [3.05, 3.63) is 0 Å². The Hall–Kier alpha value is -0.0800. The highest BCUT2D eigenvalue weighted by Gasteiger charge is 2.42. The molecule has 0 spiro atoms. The summed E-state index contributed by atoms with van der Waals surface area (Å²) in [6.07, 6.45) is 2.50. The van der Waals surface area contributed by atoms with Gasteiger partial charge in [-0.1, -0.05) is 13.8 Å². The zero-order valence-corrected chi connectivity index (χ0v) is 6.76. The van der Waals surface area contributed by atoms with Gasteiger partial charge in [0.15, 0.2) is 0 Å². The van der Waals surface area contributed by atoms with Crippen LogP contribution in [0.5, 0.6) is 0 Å². The average molecular weight is 144 g/mol. The molecule has 0 aromatic heterocycles. The maximum Gasteiger partial charge on any atom is 0.0959 e. The Balaban J connectivity index is 2.46. The third kappa shape index (κ3) is 1.06. The highest BCUT2D eigenvalue weighted by molar-refractivity contribution is 4.92. The molecule has 1 heterocycles. The summed E-state index contributed by atoms with van der Waals surface area (Å²) in [6, 6.07) is 0. The smallest absolute Gasteiger partial charge is 0.0959 e. The van der Waals surface area contributed by atoms with Crippen LogP contribution in [0.1, 0.15) is 33.1 Å². The van der Waals surface area contributed by atoms with Crippen LogP contribution in [-0.4, -0.2) is 23.4 Å². The minimum absolute atomic E-state index is 0.172. The van der Waals surface area contributed by atoms with Gasteiger partial charge in [0.25, 0.3) is 0 Å². The fourth-order valence-corrected chi connectivity index (χ4v) is 1.51. The highest BCUT2D eigenvalue weighted by atomic mass is 16.5. The standard InChI is InChI=1S/C8H16O2/c1-3-7(9)8(4-2)5-6-10-8/h7,9H,3-6H2,1-2H3. The molecule has 0 aliphatic carbocycles. The molecule has 1 saturated heterocycles. The van der Waals surface area contributed by atoms with E-state index in [1.807, 2.05) is 6.92 Å². The molecule has 10 heavy (non-hydrogen) atoms. The second-order valence-electron chi connectivity index (χ2n) is 2.94. The molecule has 1 aliphatic rings. The van der Waals surface area contributed by atoms with Crippen LogP contribution >= 0.6 is 0 Å². The Kier molecular flexibility index (Phi) is 2.32. The van der Waals surface area contributed by atoms with Crippen LogP contribution in [0.2, 0.25) is 0 Å². The molecule has 0 aromatic rings. The van der Waals surface area contributed by atoms with Crippen molar-refractivity contribution < 1.29 is 9.84 Å². The van der Waals surface area contributed by atoms with E-state index in [1.54, 1.807) is 0 Å². The van der Waals surface area contributed by atoms with E-state index in [2.05, 4.69) is 6.92 Å². The van der Waals surface area contributed by atoms with Crippen LogP contribution in [0.15, 0.2) is 0 Å². The Labute approximate surface area is 62.2 Å². The third-order valence-corrected chi connectivity index (χ3v) is 2.51. The maximum absolute atomic E-state index is 9.50. The van der Waals surface area contributed by atoms with Gasteiger partial charge >= 0.3 is 0 Å². The van der Waals surface area contributed by atoms with Crippen molar-refractivity contribution in [3.63, 3.8) is 0 Å². The van der Waals surface area contributed by atoms with Gasteiger partial charge in [0, 0.05) is 6.42 Å². The van der Waals surface area contributed by atoms with Gasteiger partial charge in [-0.3, -0.25) is 0 Å². The summed E-state index contributed by atoms with van der Waals surface area (Å²) in [6.45, 7) is 4.88. The summed E-state index contributed by atoms with van der Waals surface area (Å²) >= 11 is 0. The van der Waals surface area contributed by atoms with Gasteiger partial charge in [-0.2, -0.15) is 0 Å². The van der Waals surface area contributed by atoms with Gasteiger partial charge in [0.2, 0.25) is 0 Å². The molecule has 0 aromatic carbocycles. The summed E-state index contributed by atoms with van der Waals surface area (Å²) in [5, 5.41) is 9.50. The largest absolute Gasteiger partial charge is 0.390 e. The summed E-state index contributed by atoms with van der Waals surface area (Å²) in [5.41, 5.74) is -0.172. The molecule has 2 atom stereocenters. The average Bonchev–Trinajstić information content (AvgIpc) is 1.86. The summed E-state index contributed by atoms with van der Waals surface area (Å²) in [4.78, 5) is 0. The van der Waals surface area contributed by atoms with Gasteiger partial charge < -0.3 is 9.84 Å². The van der Waals surface area contributed by atoms with Gasteiger partial charge in [0.05, 0.1) is 18.3 Å². The minimum Gasteiger partial charge on any atom is -0.390 e. The zero-order chi connectivity index (χ0) is 7.61. The number of aliphatic hydroxyl groups is 1. The van der Waals surface area contributed by atoms with Crippen LogP contribution in [0.25, 0.3) is 0 Å². The predicted octanol–water partition coefficient (Wildman–Crippen LogP) is 1.33. The fourth-order valence-electron chi connectivity index (χ4n) is 1.51. The number of hydrogen-bond acceptors (Lipinski definition) is 2. The van der Waals surface area contributed by atoms with Gasteiger partial charge in [-0.25, -0.2) is 0 Å². The second kappa shape index (κ2) is 2.89. The van der Waals surface area contributed by atoms with E-state index < -0.39 is 0 Å². The van der Waals surface area contributed by atoms with E-state index in [9.17, 15) is 5.11 Å².